The normalized spacial score (nSPS) is 16.4. The van der Waals surface area contributed by atoms with E-state index in [0.717, 1.165) is 24.2 Å². The summed E-state index contributed by atoms with van der Waals surface area (Å²) in [7, 11) is 0. The molecule has 1 aromatic heterocycles. The molecule has 2 heteroatoms. The van der Waals surface area contributed by atoms with Crippen molar-refractivity contribution in [2.24, 2.45) is 0 Å². The first-order valence-corrected chi connectivity index (χ1v) is 17.9. The molecule has 240 valence electrons. The maximum Gasteiger partial charge on any atom is 0.160 e. The van der Waals surface area contributed by atoms with Crippen LogP contribution < -0.4 is 0 Å². The summed E-state index contributed by atoms with van der Waals surface area (Å²) in [5.41, 5.74) is 17.3. The molecule has 50 heavy (non-hydrogen) atoms. The Balaban J connectivity index is 1.25. The standard InChI is InChI=1S/C48H38N2/c1-47(2)41-17-10-8-13-33(41)38-27-31(20-23-42(38)47)44-35-14-5-6-15-36(35)45(46-49-24-11-25-50-46)37-22-19-29(26-39(37)44)30-18-21-34-32-12-7-9-16-40(32)48(3,4)43(34)28-30/h5-7,9-12,14-28H,8,13H2,1-4H3. The highest BCUT2D eigenvalue weighted by molar-refractivity contribution is 6.21. The molecule has 0 bridgehead atoms. The highest BCUT2D eigenvalue weighted by atomic mass is 14.9. The molecule has 3 aliphatic rings. The zero-order valence-electron chi connectivity index (χ0n) is 29.0. The fourth-order valence-corrected chi connectivity index (χ4v) is 9.39. The Morgan fingerprint density at radius 1 is 0.500 bits per heavy atom. The number of aromatic nitrogens is 2. The van der Waals surface area contributed by atoms with Crippen LogP contribution in [0.3, 0.4) is 0 Å². The van der Waals surface area contributed by atoms with E-state index in [2.05, 4.69) is 143 Å². The largest absolute Gasteiger partial charge is 0.237 e. The van der Waals surface area contributed by atoms with Gasteiger partial charge in [0.05, 0.1) is 0 Å². The van der Waals surface area contributed by atoms with E-state index in [0.29, 0.717) is 0 Å². The molecule has 2 nitrogen and oxygen atoms in total. The third-order valence-electron chi connectivity index (χ3n) is 11.9. The predicted molar refractivity (Wildman–Crippen MR) is 209 cm³/mol. The Morgan fingerprint density at radius 2 is 1.16 bits per heavy atom. The predicted octanol–water partition coefficient (Wildman–Crippen LogP) is 12.5. The number of nitrogens with zero attached hydrogens (tertiary/aromatic N) is 2. The molecule has 3 aliphatic carbocycles. The fraction of sp³-hybridized carbons (Fsp3) is 0.167. The Kier molecular flexibility index (Phi) is 6.13. The Hall–Kier alpha value is -5.60. The molecule has 0 radical (unpaired) electrons. The molecule has 0 spiro atoms. The van der Waals surface area contributed by atoms with Crippen molar-refractivity contribution in [1.29, 1.82) is 0 Å². The molecule has 0 atom stereocenters. The first kappa shape index (κ1) is 29.3. The monoisotopic (exact) mass is 642 g/mol. The van der Waals surface area contributed by atoms with E-state index in [1.165, 1.54) is 88.3 Å². The first-order valence-electron chi connectivity index (χ1n) is 17.9. The molecule has 0 aliphatic heterocycles. The van der Waals surface area contributed by atoms with Crippen LogP contribution in [0, 0.1) is 0 Å². The topological polar surface area (TPSA) is 25.8 Å². The average molecular weight is 643 g/mol. The second-order valence-electron chi connectivity index (χ2n) is 15.3. The molecule has 0 fully saturated rings. The van der Waals surface area contributed by atoms with Crippen LogP contribution in [0.15, 0.2) is 139 Å². The van der Waals surface area contributed by atoms with Crippen LogP contribution >= 0.6 is 0 Å². The molecule has 7 aromatic rings. The lowest BCUT2D eigenvalue weighted by Gasteiger charge is -2.24. The van der Waals surface area contributed by atoms with Crippen LogP contribution in [0.25, 0.3) is 71.9 Å². The third kappa shape index (κ3) is 4.02. The second kappa shape index (κ2) is 10.5. The quantitative estimate of drug-likeness (QED) is 0.179. The van der Waals surface area contributed by atoms with E-state index >= 15 is 0 Å². The van der Waals surface area contributed by atoms with Crippen molar-refractivity contribution in [1.82, 2.24) is 9.97 Å². The first-order chi connectivity index (χ1) is 24.3. The molecule has 6 aromatic carbocycles. The molecule has 0 unspecified atom stereocenters. The van der Waals surface area contributed by atoms with Crippen LogP contribution in [-0.4, -0.2) is 9.97 Å². The van der Waals surface area contributed by atoms with Crippen molar-refractivity contribution < 1.29 is 0 Å². The molecule has 0 amide bonds. The van der Waals surface area contributed by atoms with Gasteiger partial charge >= 0.3 is 0 Å². The van der Waals surface area contributed by atoms with Crippen molar-refractivity contribution in [3.05, 3.63) is 162 Å². The average Bonchev–Trinajstić information content (AvgIpc) is 3.53. The van der Waals surface area contributed by atoms with E-state index in [1.54, 1.807) is 0 Å². The summed E-state index contributed by atoms with van der Waals surface area (Å²) < 4.78 is 0. The van der Waals surface area contributed by atoms with Crippen molar-refractivity contribution in [2.75, 3.05) is 0 Å². The summed E-state index contributed by atoms with van der Waals surface area (Å²) in [4.78, 5) is 9.58. The van der Waals surface area contributed by atoms with Gasteiger partial charge in [-0.2, -0.15) is 0 Å². The number of rotatable bonds is 3. The minimum atomic E-state index is -0.0575. The van der Waals surface area contributed by atoms with E-state index in [1.807, 2.05) is 18.5 Å². The SMILES string of the molecule is CC1(C)C2=C(CCC=C2)c2cc(-c3c4ccccc4c(-c4ncccn4)c4ccc(-c5ccc6c(c5)C(C)(C)c5ccccc5-6)cc34)ccc21. The molecule has 0 saturated carbocycles. The lowest BCUT2D eigenvalue weighted by molar-refractivity contribution is 0.651. The van der Waals surface area contributed by atoms with Crippen LogP contribution in [0.1, 0.15) is 62.8 Å². The molecule has 0 N–H and O–H groups in total. The Bertz CT molecular complexity index is 2630. The van der Waals surface area contributed by atoms with Gasteiger partial charge in [0.2, 0.25) is 0 Å². The smallest absolute Gasteiger partial charge is 0.160 e. The summed E-state index contributed by atoms with van der Waals surface area (Å²) in [6.45, 7) is 9.48. The molecule has 10 rings (SSSR count). The Labute approximate surface area is 293 Å². The Morgan fingerprint density at radius 3 is 2.00 bits per heavy atom. The zero-order valence-corrected chi connectivity index (χ0v) is 29.0. The van der Waals surface area contributed by atoms with Gasteiger partial charge in [-0.05, 0) is 125 Å². The molecule has 0 saturated heterocycles. The van der Waals surface area contributed by atoms with Gasteiger partial charge in [0.1, 0.15) is 0 Å². The number of hydrogen-bond acceptors (Lipinski definition) is 2. The van der Waals surface area contributed by atoms with E-state index in [4.69, 9.17) is 9.97 Å². The lowest BCUT2D eigenvalue weighted by atomic mass is 9.79. The van der Waals surface area contributed by atoms with Gasteiger partial charge in [0, 0.05) is 28.8 Å². The van der Waals surface area contributed by atoms with Gasteiger partial charge in [0.25, 0.3) is 0 Å². The summed E-state index contributed by atoms with van der Waals surface area (Å²) in [6.07, 6.45) is 10.6. The van der Waals surface area contributed by atoms with Gasteiger partial charge in [-0.1, -0.05) is 125 Å². The van der Waals surface area contributed by atoms with Crippen molar-refractivity contribution in [2.45, 2.75) is 51.4 Å². The molecule has 1 heterocycles. The highest BCUT2D eigenvalue weighted by Crippen LogP contribution is 2.53. The van der Waals surface area contributed by atoms with Crippen LogP contribution in [0.4, 0.5) is 0 Å². The van der Waals surface area contributed by atoms with Crippen molar-refractivity contribution in [3.8, 4) is 44.8 Å². The minimum absolute atomic E-state index is 0.00688. The second-order valence-corrected chi connectivity index (χ2v) is 15.3. The van der Waals surface area contributed by atoms with Crippen LogP contribution in [0.2, 0.25) is 0 Å². The van der Waals surface area contributed by atoms with Gasteiger partial charge in [-0.25, -0.2) is 9.97 Å². The summed E-state index contributed by atoms with van der Waals surface area (Å²) in [6, 6.07) is 40.9. The van der Waals surface area contributed by atoms with Gasteiger partial charge in [-0.3, -0.25) is 0 Å². The van der Waals surface area contributed by atoms with Crippen molar-refractivity contribution in [3.63, 3.8) is 0 Å². The third-order valence-corrected chi connectivity index (χ3v) is 11.9. The minimum Gasteiger partial charge on any atom is -0.237 e. The van der Waals surface area contributed by atoms with Gasteiger partial charge in [0.15, 0.2) is 5.82 Å². The van der Waals surface area contributed by atoms with Crippen LogP contribution in [0.5, 0.6) is 0 Å². The summed E-state index contributed by atoms with van der Waals surface area (Å²) >= 11 is 0. The number of hydrogen-bond donors (Lipinski definition) is 0. The van der Waals surface area contributed by atoms with E-state index in [9.17, 15) is 0 Å². The van der Waals surface area contributed by atoms with Gasteiger partial charge in [-0.15, -0.1) is 0 Å². The highest BCUT2D eigenvalue weighted by Gasteiger charge is 2.38. The maximum absolute atomic E-state index is 4.79. The zero-order chi connectivity index (χ0) is 33.8. The fourth-order valence-electron chi connectivity index (χ4n) is 9.39. The van der Waals surface area contributed by atoms with Crippen molar-refractivity contribution >= 4 is 27.1 Å². The van der Waals surface area contributed by atoms with Crippen LogP contribution in [-0.2, 0) is 10.8 Å². The molecular weight excluding hydrogens is 605 g/mol. The molecular formula is C48H38N2. The summed E-state index contributed by atoms with van der Waals surface area (Å²) in [5.74, 6) is 0.754. The number of fused-ring (bicyclic) bond motifs is 7. The van der Waals surface area contributed by atoms with Gasteiger partial charge < -0.3 is 0 Å². The number of allylic oxidation sites excluding steroid dienone is 4. The summed E-state index contributed by atoms with van der Waals surface area (Å²) in [5, 5.41) is 4.79. The maximum atomic E-state index is 4.79. The van der Waals surface area contributed by atoms with E-state index < -0.39 is 0 Å². The lowest BCUT2D eigenvalue weighted by Crippen LogP contribution is -2.16. The van der Waals surface area contributed by atoms with E-state index in [-0.39, 0.29) is 10.8 Å². The number of benzene rings is 6.